The summed E-state index contributed by atoms with van der Waals surface area (Å²) in [5.74, 6) is 0.0330. The van der Waals surface area contributed by atoms with Crippen LogP contribution in [0.2, 0.25) is 0 Å². The van der Waals surface area contributed by atoms with Crippen molar-refractivity contribution in [3.8, 4) is 0 Å². The normalized spacial score (nSPS) is 15.5. The molecule has 78 valence electrons. The fourth-order valence-electron chi connectivity index (χ4n) is 1.32. The van der Waals surface area contributed by atoms with Gasteiger partial charge in [-0.1, -0.05) is 0 Å². The van der Waals surface area contributed by atoms with Crippen LogP contribution in [0.1, 0.15) is 13.8 Å². The second kappa shape index (κ2) is 5.94. The number of hydrogen-bond donors (Lipinski definition) is 2. The third-order valence-electron chi connectivity index (χ3n) is 1.81. The van der Waals surface area contributed by atoms with Crippen LogP contribution in [-0.4, -0.2) is 50.6 Å². The fraction of sp³-hybridized carbons (Fsp3) is 0.889. The molecular formula is C9H21N3O. The average molecular weight is 187 g/mol. The Balaban J connectivity index is 3.77. The molecule has 0 heterocycles. The van der Waals surface area contributed by atoms with Crippen LogP contribution in [0.5, 0.6) is 0 Å². The van der Waals surface area contributed by atoms with Crippen LogP contribution in [0.3, 0.4) is 0 Å². The molecule has 2 unspecified atom stereocenters. The smallest absolute Gasteiger partial charge is 0.236 e. The van der Waals surface area contributed by atoms with E-state index in [1.54, 1.807) is 7.05 Å². The zero-order valence-corrected chi connectivity index (χ0v) is 9.22. The highest BCUT2D eigenvalue weighted by molar-refractivity contribution is 5.80. The summed E-state index contributed by atoms with van der Waals surface area (Å²) in [4.78, 5) is 13.2. The van der Waals surface area contributed by atoms with Gasteiger partial charge >= 0.3 is 0 Å². The Morgan fingerprint density at radius 2 is 1.92 bits per heavy atom. The summed E-state index contributed by atoms with van der Waals surface area (Å²) in [5.41, 5.74) is 0. The van der Waals surface area contributed by atoms with E-state index < -0.39 is 0 Å². The van der Waals surface area contributed by atoms with Crippen molar-refractivity contribution in [2.24, 2.45) is 0 Å². The summed E-state index contributed by atoms with van der Waals surface area (Å²) in [6.45, 7) is 4.87. The highest BCUT2D eigenvalue weighted by Crippen LogP contribution is 1.89. The number of rotatable bonds is 5. The molecule has 13 heavy (non-hydrogen) atoms. The van der Waals surface area contributed by atoms with Crippen LogP contribution in [0.15, 0.2) is 0 Å². The highest BCUT2D eigenvalue weighted by Gasteiger charge is 2.13. The summed E-state index contributed by atoms with van der Waals surface area (Å²) < 4.78 is 0. The summed E-state index contributed by atoms with van der Waals surface area (Å²) in [5, 5.41) is 5.82. The maximum Gasteiger partial charge on any atom is 0.236 e. The predicted octanol–water partition coefficient (Wildman–Crippen LogP) is -0.339. The monoisotopic (exact) mass is 187 g/mol. The van der Waals surface area contributed by atoms with Crippen molar-refractivity contribution in [1.29, 1.82) is 0 Å². The minimum absolute atomic E-state index is 0.0330. The summed E-state index contributed by atoms with van der Waals surface area (Å²) in [6, 6.07) is 0.197. The SMILES string of the molecule is CNC(=O)C(C)NC(C)CN(C)C. The lowest BCUT2D eigenvalue weighted by atomic mass is 10.2. The maximum absolute atomic E-state index is 11.1. The first kappa shape index (κ1) is 12.4. The average Bonchev–Trinajstić information content (AvgIpc) is 2.01. The van der Waals surface area contributed by atoms with Gasteiger partial charge in [0.15, 0.2) is 0 Å². The molecule has 0 fully saturated rings. The van der Waals surface area contributed by atoms with E-state index in [1.807, 2.05) is 21.0 Å². The zero-order valence-electron chi connectivity index (χ0n) is 9.22. The molecule has 1 amide bonds. The molecule has 0 rings (SSSR count). The quantitative estimate of drug-likeness (QED) is 0.619. The van der Waals surface area contributed by atoms with Crippen molar-refractivity contribution in [2.75, 3.05) is 27.7 Å². The summed E-state index contributed by atoms with van der Waals surface area (Å²) >= 11 is 0. The number of carbonyl (C=O) groups is 1. The lowest BCUT2D eigenvalue weighted by Crippen LogP contribution is -2.47. The molecule has 0 saturated carbocycles. The first-order valence-electron chi connectivity index (χ1n) is 4.59. The summed E-state index contributed by atoms with van der Waals surface area (Å²) in [6.07, 6.45) is 0. The van der Waals surface area contributed by atoms with Gasteiger partial charge in [-0.2, -0.15) is 0 Å². The van der Waals surface area contributed by atoms with Gasteiger partial charge in [0.1, 0.15) is 0 Å². The Hall–Kier alpha value is -0.610. The fourth-order valence-corrected chi connectivity index (χ4v) is 1.32. The van der Waals surface area contributed by atoms with Crippen molar-refractivity contribution < 1.29 is 4.79 Å². The van der Waals surface area contributed by atoms with Gasteiger partial charge in [0.2, 0.25) is 5.91 Å². The lowest BCUT2D eigenvalue weighted by molar-refractivity contribution is -0.122. The molecule has 4 nitrogen and oxygen atoms in total. The molecule has 0 aromatic rings. The minimum Gasteiger partial charge on any atom is -0.358 e. The van der Waals surface area contributed by atoms with Crippen LogP contribution in [0.25, 0.3) is 0 Å². The van der Waals surface area contributed by atoms with Crippen LogP contribution in [0, 0.1) is 0 Å². The maximum atomic E-state index is 11.1. The van der Waals surface area contributed by atoms with E-state index in [1.165, 1.54) is 0 Å². The Bertz CT molecular complexity index is 159. The van der Waals surface area contributed by atoms with Crippen molar-refractivity contribution in [1.82, 2.24) is 15.5 Å². The van der Waals surface area contributed by atoms with Crippen LogP contribution in [0.4, 0.5) is 0 Å². The molecular weight excluding hydrogens is 166 g/mol. The molecule has 0 aromatic heterocycles. The number of hydrogen-bond acceptors (Lipinski definition) is 3. The van der Waals surface area contributed by atoms with E-state index in [4.69, 9.17) is 0 Å². The van der Waals surface area contributed by atoms with Crippen LogP contribution >= 0.6 is 0 Å². The van der Waals surface area contributed by atoms with Crippen LogP contribution < -0.4 is 10.6 Å². The molecule has 0 bridgehead atoms. The molecule has 4 heteroatoms. The molecule has 0 aliphatic rings. The van der Waals surface area contributed by atoms with Crippen LogP contribution in [-0.2, 0) is 4.79 Å². The van der Waals surface area contributed by atoms with Gasteiger partial charge in [-0.05, 0) is 27.9 Å². The van der Waals surface area contributed by atoms with Gasteiger partial charge in [0, 0.05) is 19.6 Å². The molecule has 2 N–H and O–H groups in total. The molecule has 0 aromatic carbocycles. The van der Waals surface area contributed by atoms with Crippen molar-refractivity contribution >= 4 is 5.91 Å². The van der Waals surface area contributed by atoms with Crippen molar-refractivity contribution in [2.45, 2.75) is 25.9 Å². The second-order valence-corrected chi connectivity index (χ2v) is 3.67. The number of nitrogens with zero attached hydrogens (tertiary/aromatic N) is 1. The van der Waals surface area contributed by atoms with Gasteiger partial charge in [-0.15, -0.1) is 0 Å². The third-order valence-corrected chi connectivity index (χ3v) is 1.81. The van der Waals surface area contributed by atoms with E-state index >= 15 is 0 Å². The highest BCUT2D eigenvalue weighted by atomic mass is 16.2. The molecule has 2 atom stereocenters. The Labute approximate surface area is 80.7 Å². The van der Waals surface area contributed by atoms with Crippen molar-refractivity contribution in [3.63, 3.8) is 0 Å². The number of likely N-dealkylation sites (N-methyl/N-ethyl adjacent to an activating group) is 2. The Morgan fingerprint density at radius 1 is 1.38 bits per heavy atom. The van der Waals surface area contributed by atoms with Gasteiger partial charge < -0.3 is 15.5 Å². The van der Waals surface area contributed by atoms with Gasteiger partial charge in [0.05, 0.1) is 6.04 Å². The second-order valence-electron chi connectivity index (χ2n) is 3.67. The zero-order chi connectivity index (χ0) is 10.4. The van der Waals surface area contributed by atoms with Gasteiger partial charge in [0.25, 0.3) is 0 Å². The first-order valence-corrected chi connectivity index (χ1v) is 4.59. The number of amides is 1. The Kier molecular flexibility index (Phi) is 5.66. The minimum atomic E-state index is -0.125. The van der Waals surface area contributed by atoms with E-state index in [9.17, 15) is 4.79 Å². The molecule has 0 saturated heterocycles. The topological polar surface area (TPSA) is 44.4 Å². The van der Waals surface area contributed by atoms with E-state index in [-0.39, 0.29) is 11.9 Å². The Morgan fingerprint density at radius 3 is 2.31 bits per heavy atom. The molecule has 0 aliphatic carbocycles. The first-order chi connectivity index (χ1) is 5.97. The number of nitrogens with one attached hydrogen (secondary N) is 2. The van der Waals surface area contributed by atoms with Gasteiger partial charge in [-0.25, -0.2) is 0 Å². The van der Waals surface area contributed by atoms with E-state index in [0.717, 1.165) is 6.54 Å². The summed E-state index contributed by atoms with van der Waals surface area (Å²) in [7, 11) is 5.68. The largest absolute Gasteiger partial charge is 0.358 e. The molecule has 0 spiro atoms. The van der Waals surface area contributed by atoms with E-state index in [2.05, 4.69) is 22.5 Å². The third kappa shape index (κ3) is 5.60. The predicted molar refractivity (Wildman–Crippen MR) is 54.7 cm³/mol. The number of carbonyl (C=O) groups excluding carboxylic acids is 1. The molecule has 0 aliphatic heterocycles. The standard InChI is InChI=1S/C9H21N3O/c1-7(6-12(4)5)11-8(2)9(13)10-3/h7-8,11H,6H2,1-5H3,(H,10,13). The van der Waals surface area contributed by atoms with E-state index in [0.29, 0.717) is 6.04 Å². The van der Waals surface area contributed by atoms with Crippen molar-refractivity contribution in [3.05, 3.63) is 0 Å². The lowest BCUT2D eigenvalue weighted by Gasteiger charge is -2.21. The van der Waals surface area contributed by atoms with Gasteiger partial charge in [-0.3, -0.25) is 4.79 Å². The molecule has 0 radical (unpaired) electrons.